The molecule has 0 spiro atoms. The number of hydrogen-bond donors (Lipinski definition) is 1. The van der Waals surface area contributed by atoms with Gasteiger partial charge in [-0.3, -0.25) is 14.6 Å². The van der Waals surface area contributed by atoms with Gasteiger partial charge in [-0.25, -0.2) is 17.9 Å². The van der Waals surface area contributed by atoms with Gasteiger partial charge in [0, 0.05) is 19.1 Å². The lowest BCUT2D eigenvalue weighted by atomic mass is 9.98. The minimum absolute atomic E-state index is 0.0349. The normalized spacial score (nSPS) is 16.8. The quantitative estimate of drug-likeness (QED) is 0.412. The molecule has 14 heteroatoms. The number of sulfonamides is 1. The van der Waals surface area contributed by atoms with Crippen molar-refractivity contribution in [3.63, 3.8) is 0 Å². The number of alkyl halides is 2. The number of rotatable bonds is 7. The predicted molar refractivity (Wildman–Crippen MR) is 147 cm³/mol. The van der Waals surface area contributed by atoms with Crippen molar-refractivity contribution in [2.75, 3.05) is 22.8 Å². The minimum Gasteiger partial charge on any atom is -0.444 e. The fourth-order valence-corrected chi connectivity index (χ4v) is 6.64. The van der Waals surface area contributed by atoms with E-state index in [-0.39, 0.29) is 39.5 Å². The molecular weight excluding hydrogens is 548 g/mol. The van der Waals surface area contributed by atoms with Crippen LogP contribution in [0.1, 0.15) is 59.5 Å². The first-order valence-corrected chi connectivity index (χ1v) is 17.1. The summed E-state index contributed by atoms with van der Waals surface area (Å²) in [6.45, 7) is 14.5. The first kappa shape index (κ1) is 31.0. The highest BCUT2D eigenvalue weighted by atomic mass is 32.2. The van der Waals surface area contributed by atoms with Gasteiger partial charge in [-0.15, -0.1) is 0 Å². The second kappa shape index (κ2) is 10.8. The lowest BCUT2D eigenvalue weighted by Gasteiger charge is -2.39. The molecule has 0 saturated carbocycles. The largest absolute Gasteiger partial charge is 0.444 e. The Morgan fingerprint density at radius 2 is 1.87 bits per heavy atom. The van der Waals surface area contributed by atoms with Crippen LogP contribution in [-0.4, -0.2) is 56.3 Å². The average Bonchev–Trinajstić information content (AvgIpc) is 3.18. The molecular formula is C25H39F2N5O5SSi. The monoisotopic (exact) mass is 587 g/mol. The van der Waals surface area contributed by atoms with Gasteiger partial charge in [-0.2, -0.15) is 13.9 Å². The number of ether oxygens (including phenoxy) is 1. The molecule has 0 aromatic carbocycles. The first-order chi connectivity index (χ1) is 17.7. The van der Waals surface area contributed by atoms with E-state index in [1.807, 2.05) is 0 Å². The maximum atomic E-state index is 13.9. The summed E-state index contributed by atoms with van der Waals surface area (Å²) in [7, 11) is -6.44. The van der Waals surface area contributed by atoms with Gasteiger partial charge in [-0.1, -0.05) is 20.8 Å². The molecule has 10 nitrogen and oxygen atoms in total. The van der Waals surface area contributed by atoms with Crippen molar-refractivity contribution in [2.24, 2.45) is 5.92 Å². The van der Waals surface area contributed by atoms with E-state index < -0.39 is 36.6 Å². The second-order valence-electron chi connectivity index (χ2n) is 12.3. The van der Waals surface area contributed by atoms with Crippen molar-refractivity contribution >= 4 is 35.8 Å². The number of carbonyl (C=O) groups is 1. The van der Waals surface area contributed by atoms with E-state index in [0.29, 0.717) is 23.4 Å². The minimum atomic E-state index is -4.32. The van der Waals surface area contributed by atoms with E-state index in [1.165, 1.54) is 19.2 Å². The standard InChI is InChI=1S/C25H39F2N5O5SSi/c1-16-21(14-31(30-16)22(26)27)38(34,35)32-13-17(15-36-39(8,9)25(5,6)7)10-19-20(32)11-18(12-28-19)29-23(33)37-24(2,3)4/h11-12,14,17,22H,10,13,15H2,1-9H3,(H,29,33). The number of carbonyl (C=O) groups excluding carboxylic acids is 1. The summed E-state index contributed by atoms with van der Waals surface area (Å²) in [6, 6.07) is 1.50. The molecule has 3 heterocycles. The molecule has 0 aliphatic carbocycles. The predicted octanol–water partition coefficient (Wildman–Crippen LogP) is 5.72. The topological polar surface area (TPSA) is 116 Å². The third-order valence-corrected chi connectivity index (χ3v) is 13.3. The van der Waals surface area contributed by atoms with Crippen molar-refractivity contribution in [1.29, 1.82) is 0 Å². The van der Waals surface area contributed by atoms with Gasteiger partial charge in [0.25, 0.3) is 10.0 Å². The third kappa shape index (κ3) is 7.14. The van der Waals surface area contributed by atoms with Crippen LogP contribution in [0.4, 0.5) is 25.0 Å². The fraction of sp³-hybridized carbons (Fsp3) is 0.640. The van der Waals surface area contributed by atoms with Crippen LogP contribution in [0, 0.1) is 12.8 Å². The van der Waals surface area contributed by atoms with E-state index in [0.717, 1.165) is 10.5 Å². The molecule has 0 radical (unpaired) electrons. The zero-order valence-electron chi connectivity index (χ0n) is 24.0. The Bertz CT molecular complexity index is 1320. The van der Waals surface area contributed by atoms with Gasteiger partial charge in [0.05, 0.1) is 35.2 Å². The van der Waals surface area contributed by atoms with E-state index in [1.54, 1.807) is 20.8 Å². The number of anilines is 2. The molecule has 0 fully saturated rings. The Kier molecular flexibility index (Phi) is 8.55. The van der Waals surface area contributed by atoms with Gasteiger partial charge < -0.3 is 9.16 Å². The fourth-order valence-electron chi connectivity index (χ4n) is 3.83. The number of aromatic nitrogens is 3. The molecule has 0 bridgehead atoms. The van der Waals surface area contributed by atoms with Crippen molar-refractivity contribution in [3.05, 3.63) is 29.8 Å². The number of pyridine rings is 1. The van der Waals surface area contributed by atoms with E-state index in [4.69, 9.17) is 9.16 Å². The number of aryl methyl sites for hydroxylation is 1. The summed E-state index contributed by atoms with van der Waals surface area (Å²) in [6.07, 6.45) is 1.99. The number of fused-ring (bicyclic) bond motifs is 1. The highest BCUT2D eigenvalue weighted by molar-refractivity contribution is 7.92. The number of amides is 1. The van der Waals surface area contributed by atoms with Gasteiger partial charge in [0.1, 0.15) is 10.5 Å². The van der Waals surface area contributed by atoms with Crippen LogP contribution in [0.3, 0.4) is 0 Å². The summed E-state index contributed by atoms with van der Waals surface area (Å²) < 4.78 is 67.6. The summed E-state index contributed by atoms with van der Waals surface area (Å²) in [5.74, 6) is -0.232. The second-order valence-corrected chi connectivity index (χ2v) is 19.0. The van der Waals surface area contributed by atoms with Gasteiger partial charge in [-0.05, 0) is 58.3 Å². The lowest BCUT2D eigenvalue weighted by molar-refractivity contribution is 0.0560. The highest BCUT2D eigenvalue weighted by Gasteiger charge is 2.40. The SMILES string of the molecule is Cc1nn(C(F)F)cc1S(=O)(=O)N1CC(CO[Si](C)(C)C(C)(C)C)Cc2ncc(NC(=O)OC(C)(C)C)cc21. The van der Waals surface area contributed by atoms with Gasteiger partial charge >= 0.3 is 12.6 Å². The van der Waals surface area contributed by atoms with Crippen molar-refractivity contribution in [2.45, 2.75) is 90.1 Å². The van der Waals surface area contributed by atoms with Crippen LogP contribution < -0.4 is 9.62 Å². The zero-order valence-corrected chi connectivity index (χ0v) is 25.8. The van der Waals surface area contributed by atoms with Crippen LogP contribution in [0.25, 0.3) is 0 Å². The number of nitrogens with zero attached hydrogens (tertiary/aromatic N) is 4. The molecule has 1 aliphatic heterocycles. The summed E-state index contributed by atoms with van der Waals surface area (Å²) >= 11 is 0. The molecule has 2 aromatic rings. The molecule has 218 valence electrons. The molecule has 39 heavy (non-hydrogen) atoms. The maximum absolute atomic E-state index is 13.9. The summed E-state index contributed by atoms with van der Waals surface area (Å²) in [5, 5.41) is 6.23. The van der Waals surface area contributed by atoms with Crippen molar-refractivity contribution < 1.29 is 31.2 Å². The molecule has 1 N–H and O–H groups in total. The van der Waals surface area contributed by atoms with Crippen LogP contribution in [0.2, 0.25) is 18.1 Å². The molecule has 3 rings (SSSR count). The Morgan fingerprint density at radius 1 is 1.23 bits per heavy atom. The van der Waals surface area contributed by atoms with E-state index in [9.17, 15) is 22.0 Å². The summed E-state index contributed by atoms with van der Waals surface area (Å²) in [4.78, 5) is 16.5. The Hall–Kier alpha value is -2.58. The van der Waals surface area contributed by atoms with Gasteiger partial charge in [0.2, 0.25) is 0 Å². The first-order valence-electron chi connectivity index (χ1n) is 12.7. The Balaban J connectivity index is 2.01. The van der Waals surface area contributed by atoms with Crippen LogP contribution >= 0.6 is 0 Å². The molecule has 1 atom stereocenters. The molecule has 1 amide bonds. The summed E-state index contributed by atoms with van der Waals surface area (Å²) in [5.41, 5.74) is 0.186. The number of nitrogens with one attached hydrogen (secondary N) is 1. The molecule has 0 saturated heterocycles. The molecule has 1 unspecified atom stereocenters. The van der Waals surface area contributed by atoms with Crippen molar-refractivity contribution in [1.82, 2.24) is 14.8 Å². The molecule has 1 aliphatic rings. The highest BCUT2D eigenvalue weighted by Crippen LogP contribution is 2.39. The van der Waals surface area contributed by atoms with Crippen molar-refractivity contribution in [3.8, 4) is 0 Å². The lowest BCUT2D eigenvalue weighted by Crippen LogP contribution is -2.46. The number of hydrogen-bond acceptors (Lipinski definition) is 7. The average molecular weight is 588 g/mol. The zero-order chi connectivity index (χ0) is 29.6. The molecule has 2 aromatic heterocycles. The Labute approximate surface area is 230 Å². The Morgan fingerprint density at radius 3 is 2.41 bits per heavy atom. The maximum Gasteiger partial charge on any atom is 0.412 e. The third-order valence-electron chi connectivity index (χ3n) is 6.89. The van der Waals surface area contributed by atoms with Crippen LogP contribution in [0.5, 0.6) is 0 Å². The number of halogens is 2. The van der Waals surface area contributed by atoms with E-state index >= 15 is 0 Å². The van der Waals surface area contributed by atoms with Gasteiger partial charge in [0.15, 0.2) is 8.32 Å². The van der Waals surface area contributed by atoms with Crippen LogP contribution in [0.15, 0.2) is 23.4 Å². The van der Waals surface area contributed by atoms with Crippen LogP contribution in [-0.2, 0) is 25.6 Å². The smallest absolute Gasteiger partial charge is 0.412 e. The van der Waals surface area contributed by atoms with E-state index in [2.05, 4.69) is 49.3 Å².